The summed E-state index contributed by atoms with van der Waals surface area (Å²) in [6.45, 7) is 1.85. The first-order valence-electron chi connectivity index (χ1n) is 6.41. The van der Waals surface area contributed by atoms with E-state index in [1.54, 1.807) is 24.0 Å². The minimum absolute atomic E-state index is 0.199. The van der Waals surface area contributed by atoms with Crippen molar-refractivity contribution in [3.8, 4) is 0 Å². The van der Waals surface area contributed by atoms with Crippen LogP contribution in [0.25, 0.3) is 10.9 Å². The van der Waals surface area contributed by atoms with Gasteiger partial charge < -0.3 is 5.32 Å². The topological polar surface area (TPSA) is 59.8 Å². The Labute approximate surface area is 130 Å². The lowest BCUT2D eigenvalue weighted by molar-refractivity contribution is 0.101. The predicted octanol–water partition coefficient (Wildman–Crippen LogP) is 3.29. The van der Waals surface area contributed by atoms with Crippen molar-refractivity contribution in [2.45, 2.75) is 6.92 Å². The average Bonchev–Trinajstić information content (AvgIpc) is 2.77. The van der Waals surface area contributed by atoms with E-state index in [2.05, 4.69) is 31.3 Å². The molecule has 1 N–H and O–H groups in total. The highest BCUT2D eigenvalue weighted by Crippen LogP contribution is 2.24. The summed E-state index contributed by atoms with van der Waals surface area (Å²) in [5, 5.41) is 8.04. The van der Waals surface area contributed by atoms with Gasteiger partial charge in [0.1, 0.15) is 5.69 Å². The molecule has 0 aliphatic rings. The minimum Gasteiger partial charge on any atom is -0.319 e. The maximum atomic E-state index is 12.3. The van der Waals surface area contributed by atoms with Crippen LogP contribution >= 0.6 is 15.9 Å². The molecule has 0 atom stereocenters. The van der Waals surface area contributed by atoms with Crippen LogP contribution < -0.4 is 5.32 Å². The first-order chi connectivity index (χ1) is 10.0. The normalized spacial score (nSPS) is 10.8. The second kappa shape index (κ2) is 5.29. The zero-order valence-electron chi connectivity index (χ0n) is 11.6. The third-order valence-electron chi connectivity index (χ3n) is 3.16. The fourth-order valence-corrected chi connectivity index (χ4v) is 2.59. The molecule has 0 aliphatic carbocycles. The van der Waals surface area contributed by atoms with E-state index in [-0.39, 0.29) is 5.91 Å². The number of anilines is 1. The lowest BCUT2D eigenvalue weighted by atomic mass is 10.2. The van der Waals surface area contributed by atoms with Crippen LogP contribution in [0, 0.1) is 6.92 Å². The number of para-hydroxylation sites is 1. The molecule has 0 aliphatic heterocycles. The van der Waals surface area contributed by atoms with Crippen LogP contribution in [-0.2, 0) is 7.05 Å². The number of hydrogen-bond donors (Lipinski definition) is 1. The number of rotatable bonds is 2. The highest BCUT2D eigenvalue weighted by atomic mass is 79.9. The summed E-state index contributed by atoms with van der Waals surface area (Å²) < 4.78 is 2.47. The van der Waals surface area contributed by atoms with Crippen LogP contribution in [0.1, 0.15) is 16.2 Å². The number of aromatic nitrogens is 3. The number of halogens is 1. The molecule has 106 valence electrons. The Morgan fingerprint density at radius 2 is 2.14 bits per heavy atom. The Kier molecular flexibility index (Phi) is 3.47. The number of benzene rings is 1. The Morgan fingerprint density at radius 1 is 1.33 bits per heavy atom. The standard InChI is InChI=1S/C15H13BrN4O/c1-9-6-13(20(2)19-9)15(21)18-12-5-3-4-10-7-11(16)8-17-14(10)12/h3-8H,1-2H3,(H,18,21). The first-order valence-corrected chi connectivity index (χ1v) is 7.20. The fourth-order valence-electron chi connectivity index (χ4n) is 2.24. The summed E-state index contributed by atoms with van der Waals surface area (Å²) in [5.74, 6) is -0.199. The highest BCUT2D eigenvalue weighted by molar-refractivity contribution is 9.10. The predicted molar refractivity (Wildman–Crippen MR) is 85.3 cm³/mol. The Balaban J connectivity index is 1.98. The molecule has 5 nitrogen and oxygen atoms in total. The molecular weight excluding hydrogens is 332 g/mol. The third kappa shape index (κ3) is 2.67. The van der Waals surface area contributed by atoms with E-state index in [1.807, 2.05) is 31.2 Å². The molecule has 6 heteroatoms. The van der Waals surface area contributed by atoms with Gasteiger partial charge in [0.15, 0.2) is 0 Å². The molecule has 0 spiro atoms. The summed E-state index contributed by atoms with van der Waals surface area (Å²) >= 11 is 3.40. The molecule has 21 heavy (non-hydrogen) atoms. The molecule has 0 saturated heterocycles. The van der Waals surface area contributed by atoms with E-state index in [0.29, 0.717) is 11.4 Å². The number of aryl methyl sites for hydroxylation is 2. The summed E-state index contributed by atoms with van der Waals surface area (Å²) in [6, 6.07) is 9.40. The van der Waals surface area contributed by atoms with E-state index in [9.17, 15) is 4.79 Å². The molecule has 3 rings (SSSR count). The molecule has 0 unspecified atom stereocenters. The maximum Gasteiger partial charge on any atom is 0.273 e. The van der Waals surface area contributed by atoms with Gasteiger partial charge in [-0.3, -0.25) is 14.5 Å². The summed E-state index contributed by atoms with van der Waals surface area (Å²) in [6.07, 6.45) is 1.71. The number of nitrogens with zero attached hydrogens (tertiary/aromatic N) is 3. The van der Waals surface area contributed by atoms with Crippen LogP contribution in [0.4, 0.5) is 5.69 Å². The van der Waals surface area contributed by atoms with Crippen molar-refractivity contribution in [2.24, 2.45) is 7.05 Å². The molecule has 2 aromatic heterocycles. The van der Waals surface area contributed by atoms with Gasteiger partial charge in [-0.25, -0.2) is 0 Å². The first kappa shape index (κ1) is 13.8. The van der Waals surface area contributed by atoms with Crippen LogP contribution in [0.2, 0.25) is 0 Å². The Hall–Kier alpha value is -2.21. The van der Waals surface area contributed by atoms with E-state index < -0.39 is 0 Å². The van der Waals surface area contributed by atoms with Crippen molar-refractivity contribution in [2.75, 3.05) is 5.32 Å². The molecule has 0 fully saturated rings. The van der Waals surface area contributed by atoms with E-state index in [1.165, 1.54) is 0 Å². The number of carbonyl (C=O) groups excluding carboxylic acids is 1. The van der Waals surface area contributed by atoms with Crippen LogP contribution in [0.15, 0.2) is 41.0 Å². The van der Waals surface area contributed by atoms with Crippen molar-refractivity contribution in [1.82, 2.24) is 14.8 Å². The zero-order chi connectivity index (χ0) is 15.0. The van der Waals surface area contributed by atoms with Gasteiger partial charge in [-0.15, -0.1) is 0 Å². The number of fused-ring (bicyclic) bond motifs is 1. The summed E-state index contributed by atoms with van der Waals surface area (Å²) in [5.41, 5.74) is 2.76. The number of nitrogens with one attached hydrogen (secondary N) is 1. The van der Waals surface area contributed by atoms with Crippen molar-refractivity contribution in [3.63, 3.8) is 0 Å². The van der Waals surface area contributed by atoms with Gasteiger partial charge >= 0.3 is 0 Å². The van der Waals surface area contributed by atoms with Crippen molar-refractivity contribution < 1.29 is 4.79 Å². The van der Waals surface area contributed by atoms with Gasteiger partial charge in [0.25, 0.3) is 5.91 Å². The number of hydrogen-bond acceptors (Lipinski definition) is 3. The second-order valence-electron chi connectivity index (χ2n) is 4.78. The smallest absolute Gasteiger partial charge is 0.273 e. The largest absolute Gasteiger partial charge is 0.319 e. The van der Waals surface area contributed by atoms with Gasteiger partial charge in [-0.05, 0) is 41.1 Å². The van der Waals surface area contributed by atoms with Crippen LogP contribution in [-0.4, -0.2) is 20.7 Å². The van der Waals surface area contributed by atoms with Crippen molar-refractivity contribution in [3.05, 3.63) is 52.4 Å². The zero-order valence-corrected chi connectivity index (χ0v) is 13.2. The second-order valence-corrected chi connectivity index (χ2v) is 5.70. The molecule has 0 radical (unpaired) electrons. The monoisotopic (exact) mass is 344 g/mol. The quantitative estimate of drug-likeness (QED) is 0.775. The molecule has 2 heterocycles. The average molecular weight is 345 g/mol. The van der Waals surface area contributed by atoms with E-state index >= 15 is 0 Å². The molecule has 0 bridgehead atoms. The van der Waals surface area contributed by atoms with Gasteiger partial charge in [0, 0.05) is 23.1 Å². The third-order valence-corrected chi connectivity index (χ3v) is 3.59. The molecule has 3 aromatic rings. The highest BCUT2D eigenvalue weighted by Gasteiger charge is 2.13. The van der Waals surface area contributed by atoms with Gasteiger partial charge in [0.05, 0.1) is 16.9 Å². The molecule has 0 saturated carbocycles. The molecule has 1 amide bonds. The maximum absolute atomic E-state index is 12.3. The SMILES string of the molecule is Cc1cc(C(=O)Nc2cccc3cc(Br)cnc23)n(C)n1. The van der Waals surface area contributed by atoms with Crippen LogP contribution in [0.3, 0.4) is 0 Å². The van der Waals surface area contributed by atoms with Crippen molar-refractivity contribution >= 4 is 38.4 Å². The Bertz CT molecular complexity index is 841. The van der Waals surface area contributed by atoms with Gasteiger partial charge in [-0.1, -0.05) is 12.1 Å². The number of carbonyl (C=O) groups is 1. The summed E-state index contributed by atoms with van der Waals surface area (Å²) in [7, 11) is 1.75. The lowest BCUT2D eigenvalue weighted by Crippen LogP contribution is -2.16. The molecule has 1 aromatic carbocycles. The lowest BCUT2D eigenvalue weighted by Gasteiger charge is -2.08. The van der Waals surface area contributed by atoms with E-state index in [0.717, 1.165) is 21.1 Å². The minimum atomic E-state index is -0.199. The Morgan fingerprint density at radius 3 is 2.86 bits per heavy atom. The van der Waals surface area contributed by atoms with Gasteiger partial charge in [0.2, 0.25) is 0 Å². The summed E-state index contributed by atoms with van der Waals surface area (Å²) in [4.78, 5) is 16.7. The fraction of sp³-hybridized carbons (Fsp3) is 0.133. The van der Waals surface area contributed by atoms with Crippen LogP contribution in [0.5, 0.6) is 0 Å². The molecular formula is C15H13BrN4O. The van der Waals surface area contributed by atoms with E-state index in [4.69, 9.17) is 0 Å². The van der Waals surface area contributed by atoms with Crippen molar-refractivity contribution in [1.29, 1.82) is 0 Å². The van der Waals surface area contributed by atoms with Gasteiger partial charge in [-0.2, -0.15) is 5.10 Å². The number of amides is 1. The number of pyridine rings is 1.